The van der Waals surface area contributed by atoms with Crippen molar-refractivity contribution in [3.05, 3.63) is 41.6 Å². The number of piperidine rings is 1. The highest BCUT2D eigenvalue weighted by Gasteiger charge is 2.19. The van der Waals surface area contributed by atoms with Gasteiger partial charge in [-0.3, -0.25) is 9.69 Å². The molecular weight excluding hydrogens is 334 g/mol. The Morgan fingerprint density at radius 3 is 2.92 bits per heavy atom. The average Bonchev–Trinajstić information content (AvgIpc) is 3.30. The number of benzene rings is 1. The number of hydrogen-bond acceptors (Lipinski definition) is 6. The van der Waals surface area contributed by atoms with E-state index in [9.17, 15) is 4.79 Å². The van der Waals surface area contributed by atoms with Crippen molar-refractivity contribution >= 4 is 5.91 Å². The molecule has 1 amide bonds. The minimum Gasteiger partial charge on any atom is -0.454 e. The largest absolute Gasteiger partial charge is 0.454 e. The van der Waals surface area contributed by atoms with Gasteiger partial charge < -0.3 is 19.2 Å². The number of carbonyl (C=O) groups excluding carboxylic acids is 1. The molecular formula is C19H23N3O4. The standard InChI is InChI=1S/C19H23N3O4/c1-13-4-6-22(7-5-13)10-18-21-15(11-24-18)19(23)20-9-14-2-3-16-17(8-14)26-12-25-16/h2-3,8,11,13H,4-7,9-10,12H2,1H3,(H,20,23). The molecule has 7 nitrogen and oxygen atoms in total. The van der Waals surface area contributed by atoms with Crippen LogP contribution in [0, 0.1) is 5.92 Å². The molecule has 1 fully saturated rings. The second-order valence-electron chi connectivity index (χ2n) is 6.96. The summed E-state index contributed by atoms with van der Waals surface area (Å²) < 4.78 is 16.1. The fourth-order valence-corrected chi connectivity index (χ4v) is 3.22. The zero-order valence-electron chi connectivity index (χ0n) is 14.9. The highest BCUT2D eigenvalue weighted by Crippen LogP contribution is 2.32. The van der Waals surface area contributed by atoms with E-state index in [4.69, 9.17) is 13.9 Å². The summed E-state index contributed by atoms with van der Waals surface area (Å²) in [6, 6.07) is 5.62. The molecule has 0 saturated carbocycles. The average molecular weight is 357 g/mol. The molecule has 1 aromatic carbocycles. The summed E-state index contributed by atoms with van der Waals surface area (Å²) in [5.74, 6) is 2.57. The van der Waals surface area contributed by atoms with Crippen molar-refractivity contribution in [3.63, 3.8) is 0 Å². The van der Waals surface area contributed by atoms with Gasteiger partial charge in [0.25, 0.3) is 5.91 Å². The van der Waals surface area contributed by atoms with E-state index in [0.29, 0.717) is 30.4 Å². The third-order valence-electron chi connectivity index (χ3n) is 4.91. The molecule has 1 saturated heterocycles. The molecule has 0 atom stereocenters. The van der Waals surface area contributed by atoms with E-state index in [1.165, 1.54) is 19.1 Å². The molecule has 0 spiro atoms. The highest BCUT2D eigenvalue weighted by atomic mass is 16.7. The number of rotatable bonds is 5. The molecule has 7 heteroatoms. The second-order valence-corrected chi connectivity index (χ2v) is 6.96. The van der Waals surface area contributed by atoms with E-state index < -0.39 is 0 Å². The van der Waals surface area contributed by atoms with Gasteiger partial charge in [-0.25, -0.2) is 4.98 Å². The van der Waals surface area contributed by atoms with Gasteiger partial charge in [-0.05, 0) is 49.5 Å². The van der Waals surface area contributed by atoms with Crippen molar-refractivity contribution in [2.45, 2.75) is 32.9 Å². The van der Waals surface area contributed by atoms with Crippen LogP contribution in [0.4, 0.5) is 0 Å². The summed E-state index contributed by atoms with van der Waals surface area (Å²) in [7, 11) is 0. The molecule has 0 bridgehead atoms. The number of fused-ring (bicyclic) bond motifs is 1. The van der Waals surface area contributed by atoms with Gasteiger partial charge in [-0.1, -0.05) is 13.0 Å². The highest BCUT2D eigenvalue weighted by molar-refractivity contribution is 5.91. The number of hydrogen-bond donors (Lipinski definition) is 1. The fourth-order valence-electron chi connectivity index (χ4n) is 3.22. The molecule has 0 aliphatic carbocycles. The van der Waals surface area contributed by atoms with Crippen molar-refractivity contribution < 1.29 is 18.7 Å². The Morgan fingerprint density at radius 1 is 1.27 bits per heavy atom. The number of ether oxygens (including phenoxy) is 2. The normalized spacial score (nSPS) is 17.4. The lowest BCUT2D eigenvalue weighted by Crippen LogP contribution is -2.32. The molecule has 2 aliphatic rings. The summed E-state index contributed by atoms with van der Waals surface area (Å²) in [4.78, 5) is 18.9. The van der Waals surface area contributed by atoms with Gasteiger partial charge in [-0.2, -0.15) is 0 Å². The first-order valence-electron chi connectivity index (χ1n) is 9.01. The monoisotopic (exact) mass is 357 g/mol. The van der Waals surface area contributed by atoms with Crippen LogP contribution in [0.2, 0.25) is 0 Å². The van der Waals surface area contributed by atoms with Crippen molar-refractivity contribution in [1.82, 2.24) is 15.2 Å². The lowest BCUT2D eigenvalue weighted by molar-refractivity contribution is 0.0945. The first kappa shape index (κ1) is 16.9. The Balaban J connectivity index is 1.30. The maximum Gasteiger partial charge on any atom is 0.273 e. The number of likely N-dealkylation sites (tertiary alicyclic amines) is 1. The van der Waals surface area contributed by atoms with Crippen LogP contribution in [-0.4, -0.2) is 35.7 Å². The summed E-state index contributed by atoms with van der Waals surface area (Å²) in [6.45, 7) is 5.67. The summed E-state index contributed by atoms with van der Waals surface area (Å²) in [6.07, 6.45) is 3.82. The van der Waals surface area contributed by atoms with Gasteiger partial charge in [0.1, 0.15) is 6.26 Å². The Bertz CT molecular complexity index is 781. The molecule has 138 valence electrons. The molecule has 3 heterocycles. The van der Waals surface area contributed by atoms with Crippen molar-refractivity contribution in [2.24, 2.45) is 5.92 Å². The number of carbonyl (C=O) groups is 1. The molecule has 2 aromatic rings. The second kappa shape index (κ2) is 7.37. The Hall–Kier alpha value is -2.54. The van der Waals surface area contributed by atoms with Gasteiger partial charge in [0.2, 0.25) is 12.7 Å². The molecule has 0 unspecified atom stereocenters. The smallest absolute Gasteiger partial charge is 0.273 e. The number of aromatic nitrogens is 1. The van der Waals surface area contributed by atoms with E-state index in [1.807, 2.05) is 18.2 Å². The third kappa shape index (κ3) is 3.83. The molecule has 1 N–H and O–H groups in total. The van der Waals surface area contributed by atoms with Crippen LogP contribution in [0.1, 0.15) is 41.7 Å². The third-order valence-corrected chi connectivity index (χ3v) is 4.91. The predicted octanol–water partition coefficient (Wildman–Crippen LogP) is 2.57. The first-order chi connectivity index (χ1) is 12.7. The van der Waals surface area contributed by atoms with E-state index >= 15 is 0 Å². The van der Waals surface area contributed by atoms with Crippen LogP contribution in [0.25, 0.3) is 0 Å². The van der Waals surface area contributed by atoms with Gasteiger partial charge in [0, 0.05) is 6.54 Å². The molecule has 2 aliphatic heterocycles. The van der Waals surface area contributed by atoms with Gasteiger partial charge in [0.05, 0.1) is 6.54 Å². The Morgan fingerprint density at radius 2 is 2.08 bits per heavy atom. The molecule has 0 radical (unpaired) electrons. The van der Waals surface area contributed by atoms with E-state index in [0.717, 1.165) is 30.3 Å². The maximum absolute atomic E-state index is 12.3. The van der Waals surface area contributed by atoms with Gasteiger partial charge >= 0.3 is 0 Å². The van der Waals surface area contributed by atoms with Crippen LogP contribution in [0.5, 0.6) is 11.5 Å². The summed E-state index contributed by atoms with van der Waals surface area (Å²) in [5.41, 5.74) is 1.25. The zero-order valence-corrected chi connectivity index (χ0v) is 14.9. The van der Waals surface area contributed by atoms with Crippen LogP contribution in [-0.2, 0) is 13.1 Å². The lowest BCUT2D eigenvalue weighted by atomic mass is 9.99. The first-order valence-corrected chi connectivity index (χ1v) is 9.01. The fraction of sp³-hybridized carbons (Fsp3) is 0.474. The Kier molecular flexibility index (Phi) is 4.79. The topological polar surface area (TPSA) is 76.8 Å². The summed E-state index contributed by atoms with van der Waals surface area (Å²) in [5, 5.41) is 2.86. The Labute approximate surface area is 152 Å². The predicted molar refractivity (Wildman–Crippen MR) is 93.9 cm³/mol. The van der Waals surface area contributed by atoms with Gasteiger partial charge in [0.15, 0.2) is 17.2 Å². The minimum atomic E-state index is -0.245. The van der Waals surface area contributed by atoms with Crippen molar-refractivity contribution in [2.75, 3.05) is 19.9 Å². The van der Waals surface area contributed by atoms with Crippen molar-refractivity contribution in [1.29, 1.82) is 0 Å². The van der Waals surface area contributed by atoms with Crippen molar-refractivity contribution in [3.8, 4) is 11.5 Å². The minimum absolute atomic E-state index is 0.239. The van der Waals surface area contributed by atoms with Crippen LogP contribution in [0.3, 0.4) is 0 Å². The van der Waals surface area contributed by atoms with Crippen LogP contribution >= 0.6 is 0 Å². The molecule has 26 heavy (non-hydrogen) atoms. The number of nitrogens with one attached hydrogen (secondary N) is 1. The van der Waals surface area contributed by atoms with Gasteiger partial charge in [-0.15, -0.1) is 0 Å². The van der Waals surface area contributed by atoms with Crippen LogP contribution < -0.4 is 14.8 Å². The van der Waals surface area contributed by atoms with E-state index in [-0.39, 0.29) is 12.7 Å². The number of nitrogens with zero attached hydrogens (tertiary/aromatic N) is 2. The molecule has 1 aromatic heterocycles. The van der Waals surface area contributed by atoms with E-state index in [1.54, 1.807) is 0 Å². The lowest BCUT2D eigenvalue weighted by Gasteiger charge is -2.28. The quantitative estimate of drug-likeness (QED) is 0.886. The zero-order chi connectivity index (χ0) is 17.9. The number of amides is 1. The van der Waals surface area contributed by atoms with Crippen LogP contribution in [0.15, 0.2) is 28.9 Å². The number of oxazole rings is 1. The SMILES string of the molecule is CC1CCN(Cc2nc(C(=O)NCc3ccc4c(c3)OCO4)co2)CC1. The van der Waals surface area contributed by atoms with E-state index in [2.05, 4.69) is 22.1 Å². The molecule has 4 rings (SSSR count). The maximum atomic E-state index is 12.3. The summed E-state index contributed by atoms with van der Waals surface area (Å²) >= 11 is 0.